The maximum absolute atomic E-state index is 12.9. The van der Waals surface area contributed by atoms with Crippen molar-refractivity contribution in [1.82, 2.24) is 0 Å². The van der Waals surface area contributed by atoms with E-state index in [4.69, 9.17) is 4.74 Å². The number of rotatable bonds is 4. The second-order valence-electron chi connectivity index (χ2n) is 9.74. The van der Waals surface area contributed by atoms with E-state index in [1.165, 1.54) is 10.5 Å². The van der Waals surface area contributed by atoms with Crippen LogP contribution in [0.15, 0.2) is 60.7 Å². The number of nitrogens with zero attached hydrogens (tertiary/aromatic N) is 1. The molecular formula is C26H27NO3. The lowest BCUT2D eigenvalue weighted by molar-refractivity contribution is -0.123. The van der Waals surface area contributed by atoms with Gasteiger partial charge >= 0.3 is 0 Å². The molecule has 1 aliphatic heterocycles. The van der Waals surface area contributed by atoms with Crippen molar-refractivity contribution in [2.24, 2.45) is 23.7 Å². The van der Waals surface area contributed by atoms with E-state index in [0.29, 0.717) is 12.3 Å². The molecule has 0 aromatic heterocycles. The zero-order valence-corrected chi connectivity index (χ0v) is 17.7. The topological polar surface area (TPSA) is 46.6 Å². The minimum atomic E-state index is -0.167. The summed E-state index contributed by atoms with van der Waals surface area (Å²) in [4.78, 5) is 27.2. The minimum absolute atomic E-state index is 0.0468. The number of benzene rings is 2. The summed E-state index contributed by atoms with van der Waals surface area (Å²) >= 11 is 0. The minimum Gasteiger partial charge on any atom is -0.489 e. The zero-order chi connectivity index (χ0) is 21.0. The van der Waals surface area contributed by atoms with E-state index in [0.717, 1.165) is 17.7 Å². The van der Waals surface area contributed by atoms with Gasteiger partial charge in [0.2, 0.25) is 11.8 Å². The summed E-state index contributed by atoms with van der Waals surface area (Å²) in [6, 6.07) is 15.8. The number of ether oxygens (including phenoxy) is 1. The number of hydrogen-bond acceptors (Lipinski definition) is 3. The van der Waals surface area contributed by atoms with Crippen molar-refractivity contribution in [3.05, 3.63) is 71.8 Å². The first kappa shape index (κ1) is 19.1. The van der Waals surface area contributed by atoms with Crippen LogP contribution < -0.4 is 9.64 Å². The van der Waals surface area contributed by atoms with Gasteiger partial charge in [-0.25, -0.2) is 0 Å². The Kier molecular flexibility index (Phi) is 4.35. The normalized spacial score (nSPS) is 27.1. The van der Waals surface area contributed by atoms with E-state index in [9.17, 15) is 9.59 Å². The average Bonchev–Trinajstić information content (AvgIpc) is 3.40. The molecule has 0 N–H and O–H groups in total. The summed E-state index contributed by atoms with van der Waals surface area (Å²) in [7, 11) is 0. The number of imide groups is 1. The first-order chi connectivity index (χ1) is 14.3. The van der Waals surface area contributed by atoms with Gasteiger partial charge in [-0.15, -0.1) is 0 Å². The smallest absolute Gasteiger partial charge is 0.238 e. The highest BCUT2D eigenvalue weighted by atomic mass is 16.5. The Labute approximate surface area is 177 Å². The highest BCUT2D eigenvalue weighted by Crippen LogP contribution is 2.53. The summed E-state index contributed by atoms with van der Waals surface area (Å²) in [6.07, 6.45) is 5.18. The molecule has 1 heterocycles. The van der Waals surface area contributed by atoms with Crippen LogP contribution in [0.5, 0.6) is 5.75 Å². The molecule has 3 aliphatic rings. The number of carbonyl (C=O) groups excluding carboxylic acids is 2. The Balaban J connectivity index is 1.25. The van der Waals surface area contributed by atoms with Crippen molar-refractivity contribution in [3.63, 3.8) is 0 Å². The van der Waals surface area contributed by atoms with Gasteiger partial charge in [-0.05, 0) is 59.1 Å². The van der Waals surface area contributed by atoms with Crippen LogP contribution >= 0.6 is 0 Å². The molecule has 4 nitrogen and oxygen atoms in total. The summed E-state index contributed by atoms with van der Waals surface area (Å²) in [6.45, 7) is 7.07. The Morgan fingerprint density at radius 1 is 0.867 bits per heavy atom. The second kappa shape index (κ2) is 6.83. The Hall–Kier alpha value is -2.88. The highest BCUT2D eigenvalue weighted by molar-refractivity contribution is 6.22. The molecule has 4 atom stereocenters. The van der Waals surface area contributed by atoms with Crippen LogP contribution in [0.2, 0.25) is 0 Å². The standard InChI is InChI=1S/C26H27NO3/c1-26(2,3)19-8-4-16(5-9-19)15-30-21-12-10-20(11-13-21)27-24(28)22-17-6-7-18(14-17)23(22)25(27)29/h4-13,17-18,22-23H,14-15H2,1-3H3/t17-,18-,22-,23-/m0/s1. The molecule has 4 heteroatoms. The molecular weight excluding hydrogens is 374 g/mol. The maximum Gasteiger partial charge on any atom is 0.238 e. The van der Waals surface area contributed by atoms with Crippen LogP contribution in [0.25, 0.3) is 0 Å². The van der Waals surface area contributed by atoms with E-state index in [2.05, 4.69) is 57.2 Å². The third-order valence-electron chi connectivity index (χ3n) is 6.79. The third kappa shape index (κ3) is 3.06. The van der Waals surface area contributed by atoms with Gasteiger partial charge in [0.1, 0.15) is 12.4 Å². The first-order valence-electron chi connectivity index (χ1n) is 10.7. The molecule has 30 heavy (non-hydrogen) atoms. The molecule has 0 unspecified atom stereocenters. The molecule has 2 aliphatic carbocycles. The van der Waals surface area contributed by atoms with E-state index in [1.54, 1.807) is 0 Å². The zero-order valence-electron chi connectivity index (χ0n) is 17.7. The number of carbonyl (C=O) groups is 2. The fourth-order valence-corrected chi connectivity index (χ4v) is 5.12. The van der Waals surface area contributed by atoms with E-state index in [-0.39, 0.29) is 40.9 Å². The van der Waals surface area contributed by atoms with Crippen LogP contribution in [0, 0.1) is 23.7 Å². The van der Waals surface area contributed by atoms with Gasteiger partial charge in [0.05, 0.1) is 17.5 Å². The van der Waals surface area contributed by atoms with E-state index >= 15 is 0 Å². The van der Waals surface area contributed by atoms with Crippen molar-refractivity contribution >= 4 is 17.5 Å². The SMILES string of the molecule is CC(C)(C)c1ccc(COc2ccc(N3C(=O)[C@@H]4[C@@H](C3=O)[C@H]3C=C[C@H]4C3)cc2)cc1. The molecule has 2 bridgehead atoms. The molecule has 2 fully saturated rings. The van der Waals surface area contributed by atoms with Crippen molar-refractivity contribution < 1.29 is 14.3 Å². The summed E-state index contributed by atoms with van der Waals surface area (Å²) in [5.74, 6) is 0.755. The maximum atomic E-state index is 12.9. The predicted octanol–water partition coefficient (Wildman–Crippen LogP) is 4.87. The van der Waals surface area contributed by atoms with Gasteiger partial charge < -0.3 is 4.74 Å². The molecule has 2 amide bonds. The monoisotopic (exact) mass is 401 g/mol. The first-order valence-corrected chi connectivity index (χ1v) is 10.7. The van der Waals surface area contributed by atoms with Crippen LogP contribution in [0.1, 0.15) is 38.3 Å². The number of amides is 2. The second-order valence-corrected chi connectivity index (χ2v) is 9.74. The Morgan fingerprint density at radius 3 is 1.97 bits per heavy atom. The van der Waals surface area contributed by atoms with Crippen LogP contribution in [-0.2, 0) is 21.6 Å². The lowest BCUT2D eigenvalue weighted by Gasteiger charge is -2.19. The van der Waals surface area contributed by atoms with Crippen LogP contribution in [0.4, 0.5) is 5.69 Å². The largest absolute Gasteiger partial charge is 0.489 e. The average molecular weight is 402 g/mol. The number of anilines is 1. The molecule has 1 saturated carbocycles. The van der Waals surface area contributed by atoms with Crippen molar-refractivity contribution in [1.29, 1.82) is 0 Å². The summed E-state index contributed by atoms with van der Waals surface area (Å²) in [5.41, 5.74) is 3.17. The lowest BCUT2D eigenvalue weighted by Crippen LogP contribution is -2.32. The fourth-order valence-electron chi connectivity index (χ4n) is 5.12. The van der Waals surface area contributed by atoms with Crippen LogP contribution in [0.3, 0.4) is 0 Å². The van der Waals surface area contributed by atoms with Crippen LogP contribution in [-0.4, -0.2) is 11.8 Å². The molecule has 2 aromatic rings. The number of fused-ring (bicyclic) bond motifs is 5. The molecule has 0 spiro atoms. The summed E-state index contributed by atoms with van der Waals surface area (Å²) < 4.78 is 5.91. The van der Waals surface area contributed by atoms with Gasteiger partial charge in [-0.2, -0.15) is 0 Å². The molecule has 2 aromatic carbocycles. The highest BCUT2D eigenvalue weighted by Gasteiger charge is 2.59. The number of allylic oxidation sites excluding steroid dienone is 2. The summed E-state index contributed by atoms with van der Waals surface area (Å²) in [5, 5.41) is 0. The van der Waals surface area contributed by atoms with Crippen molar-refractivity contribution in [3.8, 4) is 5.75 Å². The Morgan fingerprint density at radius 2 is 1.43 bits per heavy atom. The van der Waals surface area contributed by atoms with Crippen molar-refractivity contribution in [2.45, 2.75) is 39.2 Å². The molecule has 5 rings (SSSR count). The van der Waals surface area contributed by atoms with Gasteiger partial charge in [-0.3, -0.25) is 14.5 Å². The molecule has 0 radical (unpaired) electrons. The van der Waals surface area contributed by atoms with Gasteiger partial charge in [0.15, 0.2) is 0 Å². The predicted molar refractivity (Wildman–Crippen MR) is 116 cm³/mol. The van der Waals surface area contributed by atoms with Gasteiger partial charge in [0, 0.05) is 0 Å². The van der Waals surface area contributed by atoms with E-state index < -0.39 is 0 Å². The molecule has 154 valence electrons. The molecule has 1 saturated heterocycles. The Bertz CT molecular complexity index is 984. The number of hydrogen-bond donors (Lipinski definition) is 0. The fraction of sp³-hybridized carbons (Fsp3) is 0.385. The van der Waals surface area contributed by atoms with Gasteiger partial charge in [0.25, 0.3) is 0 Å². The van der Waals surface area contributed by atoms with Crippen molar-refractivity contribution in [2.75, 3.05) is 4.90 Å². The van der Waals surface area contributed by atoms with E-state index in [1.807, 2.05) is 24.3 Å². The third-order valence-corrected chi connectivity index (χ3v) is 6.79. The lowest BCUT2D eigenvalue weighted by atomic mass is 9.85. The quantitative estimate of drug-likeness (QED) is 0.542. The van der Waals surface area contributed by atoms with Gasteiger partial charge in [-0.1, -0.05) is 57.2 Å².